The molecular formula is C13H12ClN3O4. The van der Waals surface area contributed by atoms with Gasteiger partial charge in [0.05, 0.1) is 0 Å². The Hall–Kier alpha value is -2.41. The number of carbonyl (C=O) groups excluding carboxylic acids is 3. The van der Waals surface area contributed by atoms with Gasteiger partial charge in [-0.25, -0.2) is 10.2 Å². The van der Waals surface area contributed by atoms with Crippen LogP contribution in [0.5, 0.6) is 0 Å². The Balaban J connectivity index is 1.79. The van der Waals surface area contributed by atoms with Crippen molar-refractivity contribution in [3.8, 4) is 0 Å². The van der Waals surface area contributed by atoms with Gasteiger partial charge in [-0.15, -0.1) is 0 Å². The van der Waals surface area contributed by atoms with E-state index in [0.29, 0.717) is 10.7 Å². The van der Waals surface area contributed by atoms with Gasteiger partial charge in [0.2, 0.25) is 5.91 Å². The topological polar surface area (TPSA) is 96.9 Å². The number of carbonyl (C=O) groups is 3. The zero-order chi connectivity index (χ0) is 15.2. The third-order valence-corrected chi connectivity index (χ3v) is 2.85. The lowest BCUT2D eigenvalue weighted by Gasteiger charge is -2.11. The van der Waals surface area contributed by atoms with E-state index in [2.05, 4.69) is 15.8 Å². The molecule has 0 aromatic heterocycles. The van der Waals surface area contributed by atoms with Crippen molar-refractivity contribution in [3.63, 3.8) is 0 Å². The van der Waals surface area contributed by atoms with E-state index in [1.54, 1.807) is 24.3 Å². The number of nitrogens with one attached hydrogen (secondary N) is 2. The number of hydrazone groups is 1. The summed E-state index contributed by atoms with van der Waals surface area (Å²) in [5, 5.41) is 6.68. The molecule has 2 amide bonds. The highest BCUT2D eigenvalue weighted by atomic mass is 35.5. The first-order valence-electron chi connectivity index (χ1n) is 6.12. The number of anilines is 1. The molecule has 1 aliphatic rings. The molecule has 0 fully saturated rings. The lowest BCUT2D eigenvalue weighted by Crippen LogP contribution is -2.32. The third kappa shape index (κ3) is 4.57. The van der Waals surface area contributed by atoms with E-state index in [1.807, 2.05) is 0 Å². The quantitative estimate of drug-likeness (QED) is 0.814. The van der Waals surface area contributed by atoms with Crippen molar-refractivity contribution in [2.45, 2.75) is 12.8 Å². The maximum atomic E-state index is 11.6. The van der Waals surface area contributed by atoms with Crippen LogP contribution >= 0.6 is 11.6 Å². The van der Waals surface area contributed by atoms with Crippen LogP contribution in [0.4, 0.5) is 5.69 Å². The van der Waals surface area contributed by atoms with Gasteiger partial charge < -0.3 is 10.1 Å². The second kappa shape index (κ2) is 6.85. The molecule has 0 bridgehead atoms. The first-order chi connectivity index (χ1) is 10.0. The van der Waals surface area contributed by atoms with Gasteiger partial charge in [-0.1, -0.05) is 11.6 Å². The molecule has 0 saturated carbocycles. The van der Waals surface area contributed by atoms with Crippen molar-refractivity contribution in [2.24, 2.45) is 5.10 Å². The van der Waals surface area contributed by atoms with Gasteiger partial charge in [0.25, 0.3) is 5.91 Å². The maximum absolute atomic E-state index is 11.6. The SMILES string of the molecule is O=C1CCC(C(=O)OCC(=O)Nc2ccc(Cl)cc2)=NN1. The summed E-state index contributed by atoms with van der Waals surface area (Å²) < 4.78 is 4.82. The monoisotopic (exact) mass is 309 g/mol. The van der Waals surface area contributed by atoms with E-state index in [0.717, 1.165) is 0 Å². The van der Waals surface area contributed by atoms with Crippen LogP contribution in [0.3, 0.4) is 0 Å². The van der Waals surface area contributed by atoms with Crippen LogP contribution in [0, 0.1) is 0 Å². The number of halogens is 1. The van der Waals surface area contributed by atoms with E-state index in [-0.39, 0.29) is 24.5 Å². The van der Waals surface area contributed by atoms with Crippen molar-refractivity contribution in [2.75, 3.05) is 11.9 Å². The van der Waals surface area contributed by atoms with Crippen molar-refractivity contribution in [1.29, 1.82) is 0 Å². The minimum absolute atomic E-state index is 0.0916. The Labute approximate surface area is 125 Å². The van der Waals surface area contributed by atoms with Crippen LogP contribution in [0.2, 0.25) is 5.02 Å². The van der Waals surface area contributed by atoms with Crippen molar-refractivity contribution in [1.82, 2.24) is 5.43 Å². The summed E-state index contributed by atoms with van der Waals surface area (Å²) in [6, 6.07) is 6.51. The second-order valence-corrected chi connectivity index (χ2v) is 4.66. The van der Waals surface area contributed by atoms with Crippen molar-refractivity contribution in [3.05, 3.63) is 29.3 Å². The molecule has 8 heteroatoms. The highest BCUT2D eigenvalue weighted by Gasteiger charge is 2.20. The fourth-order valence-corrected chi connectivity index (χ4v) is 1.69. The van der Waals surface area contributed by atoms with Crippen molar-refractivity contribution < 1.29 is 19.1 Å². The lowest BCUT2D eigenvalue weighted by atomic mass is 10.2. The Morgan fingerprint density at radius 2 is 2.00 bits per heavy atom. The third-order valence-electron chi connectivity index (χ3n) is 2.60. The molecule has 0 atom stereocenters. The predicted octanol–water partition coefficient (Wildman–Crippen LogP) is 1.09. The number of amides is 2. The summed E-state index contributed by atoms with van der Waals surface area (Å²) in [5.74, 6) is -1.46. The second-order valence-electron chi connectivity index (χ2n) is 4.22. The summed E-state index contributed by atoms with van der Waals surface area (Å²) in [7, 11) is 0. The minimum Gasteiger partial charge on any atom is -0.451 e. The molecule has 0 unspecified atom stereocenters. The van der Waals surface area contributed by atoms with Gasteiger partial charge in [-0.3, -0.25) is 9.59 Å². The lowest BCUT2D eigenvalue weighted by molar-refractivity contribution is -0.140. The summed E-state index contributed by atoms with van der Waals surface area (Å²) in [6.45, 7) is -0.436. The first-order valence-corrected chi connectivity index (χ1v) is 6.50. The number of esters is 1. The largest absolute Gasteiger partial charge is 0.451 e. The molecule has 110 valence electrons. The molecule has 7 nitrogen and oxygen atoms in total. The zero-order valence-corrected chi connectivity index (χ0v) is 11.6. The smallest absolute Gasteiger partial charge is 0.355 e. The summed E-state index contributed by atoms with van der Waals surface area (Å²) in [4.78, 5) is 34.1. The molecule has 1 aromatic carbocycles. The molecule has 0 radical (unpaired) electrons. The van der Waals surface area contributed by atoms with E-state index >= 15 is 0 Å². The highest BCUT2D eigenvalue weighted by molar-refractivity contribution is 6.37. The molecule has 2 rings (SSSR count). The van der Waals surface area contributed by atoms with Gasteiger partial charge >= 0.3 is 5.97 Å². The van der Waals surface area contributed by atoms with Gasteiger partial charge in [-0.2, -0.15) is 5.10 Å². The van der Waals surface area contributed by atoms with E-state index in [4.69, 9.17) is 16.3 Å². The number of benzene rings is 1. The Kier molecular flexibility index (Phi) is 4.89. The van der Waals surface area contributed by atoms with E-state index in [1.165, 1.54) is 0 Å². The van der Waals surface area contributed by atoms with E-state index in [9.17, 15) is 14.4 Å². The minimum atomic E-state index is -0.721. The standard InChI is InChI=1S/C13H12ClN3O4/c14-8-1-3-9(4-2-8)15-12(19)7-21-13(20)10-5-6-11(18)17-16-10/h1-4H,5-7H2,(H,15,19)(H,17,18). The molecule has 1 heterocycles. The normalized spacial score (nSPS) is 14.0. The fraction of sp³-hybridized carbons (Fsp3) is 0.231. The Morgan fingerprint density at radius 1 is 1.29 bits per heavy atom. The molecule has 1 aliphatic heterocycles. The fourth-order valence-electron chi connectivity index (χ4n) is 1.57. The van der Waals surface area contributed by atoms with Crippen LogP contribution in [0.15, 0.2) is 29.4 Å². The molecule has 0 aliphatic carbocycles. The molecule has 21 heavy (non-hydrogen) atoms. The summed E-state index contributed by atoms with van der Waals surface area (Å²) in [6.07, 6.45) is 0.369. The number of ether oxygens (including phenoxy) is 1. The molecule has 0 saturated heterocycles. The number of rotatable bonds is 4. The van der Waals surface area contributed by atoms with Crippen LogP contribution in [-0.4, -0.2) is 30.1 Å². The average molecular weight is 310 g/mol. The Bertz CT molecular complexity index is 598. The van der Waals surface area contributed by atoms with Crippen LogP contribution in [0.25, 0.3) is 0 Å². The molecule has 2 N–H and O–H groups in total. The van der Waals surface area contributed by atoms with Crippen molar-refractivity contribution >= 4 is 40.8 Å². The molecule has 1 aromatic rings. The van der Waals surface area contributed by atoms with Gasteiger partial charge in [-0.05, 0) is 24.3 Å². The number of hydrogen-bond donors (Lipinski definition) is 2. The summed E-state index contributed by atoms with van der Waals surface area (Å²) >= 11 is 5.72. The molecular weight excluding hydrogens is 298 g/mol. The Morgan fingerprint density at radius 3 is 2.62 bits per heavy atom. The van der Waals surface area contributed by atoms with Crippen LogP contribution < -0.4 is 10.7 Å². The average Bonchev–Trinajstić information content (AvgIpc) is 2.48. The maximum Gasteiger partial charge on any atom is 0.355 e. The van der Waals surface area contributed by atoms with Crippen LogP contribution in [-0.2, 0) is 19.1 Å². The highest BCUT2D eigenvalue weighted by Crippen LogP contribution is 2.13. The van der Waals surface area contributed by atoms with Gasteiger partial charge in [0, 0.05) is 23.6 Å². The van der Waals surface area contributed by atoms with Gasteiger partial charge in [0.15, 0.2) is 6.61 Å². The predicted molar refractivity (Wildman–Crippen MR) is 75.9 cm³/mol. The van der Waals surface area contributed by atoms with Crippen LogP contribution in [0.1, 0.15) is 12.8 Å². The molecule has 0 spiro atoms. The number of nitrogens with zero attached hydrogens (tertiary/aromatic N) is 1. The first kappa shape index (κ1) is 15.0. The van der Waals surface area contributed by atoms with Gasteiger partial charge in [0.1, 0.15) is 5.71 Å². The number of hydrogen-bond acceptors (Lipinski definition) is 5. The zero-order valence-electron chi connectivity index (χ0n) is 10.9. The van der Waals surface area contributed by atoms with E-state index < -0.39 is 18.5 Å². The summed E-state index contributed by atoms with van der Waals surface area (Å²) in [5.41, 5.74) is 2.82.